The SMILES string of the molecule is COCC(C)C(C)(O)CN. The Balaban J connectivity index is 3.78. The van der Waals surface area contributed by atoms with E-state index < -0.39 is 5.60 Å². The topological polar surface area (TPSA) is 55.5 Å². The third kappa shape index (κ3) is 2.64. The van der Waals surface area contributed by atoms with Crippen LogP contribution in [-0.4, -0.2) is 31.0 Å². The van der Waals surface area contributed by atoms with E-state index >= 15 is 0 Å². The normalized spacial score (nSPS) is 20.1. The summed E-state index contributed by atoms with van der Waals surface area (Å²) in [4.78, 5) is 0. The molecule has 0 amide bonds. The third-order valence-corrected chi connectivity index (χ3v) is 1.89. The highest BCUT2D eigenvalue weighted by Crippen LogP contribution is 2.14. The maximum Gasteiger partial charge on any atom is 0.0788 e. The molecule has 62 valence electrons. The lowest BCUT2D eigenvalue weighted by Gasteiger charge is -2.27. The van der Waals surface area contributed by atoms with Gasteiger partial charge in [-0.25, -0.2) is 0 Å². The molecular formula is C7H17NO2. The number of methoxy groups -OCH3 is 1. The van der Waals surface area contributed by atoms with Crippen molar-refractivity contribution in [3.05, 3.63) is 0 Å². The van der Waals surface area contributed by atoms with Crippen LogP contribution in [0.15, 0.2) is 0 Å². The van der Waals surface area contributed by atoms with Gasteiger partial charge in [-0.2, -0.15) is 0 Å². The first-order valence-corrected chi connectivity index (χ1v) is 3.46. The molecule has 0 aromatic heterocycles. The van der Waals surface area contributed by atoms with Gasteiger partial charge in [-0.1, -0.05) is 6.92 Å². The number of hydrogen-bond donors (Lipinski definition) is 2. The summed E-state index contributed by atoms with van der Waals surface area (Å²) in [6.07, 6.45) is 0. The minimum Gasteiger partial charge on any atom is -0.388 e. The molecule has 0 radical (unpaired) electrons. The van der Waals surface area contributed by atoms with Gasteiger partial charge in [-0.3, -0.25) is 0 Å². The molecule has 3 nitrogen and oxygen atoms in total. The summed E-state index contributed by atoms with van der Waals surface area (Å²) in [5.41, 5.74) is 4.54. The van der Waals surface area contributed by atoms with Gasteiger partial charge >= 0.3 is 0 Å². The van der Waals surface area contributed by atoms with Crippen LogP contribution in [0.2, 0.25) is 0 Å². The van der Waals surface area contributed by atoms with Crippen LogP contribution in [0, 0.1) is 5.92 Å². The number of ether oxygens (including phenoxy) is 1. The van der Waals surface area contributed by atoms with Crippen molar-refractivity contribution in [3.8, 4) is 0 Å². The fraction of sp³-hybridized carbons (Fsp3) is 1.00. The van der Waals surface area contributed by atoms with Gasteiger partial charge < -0.3 is 15.6 Å². The zero-order chi connectivity index (χ0) is 8.20. The monoisotopic (exact) mass is 147 g/mol. The van der Waals surface area contributed by atoms with Gasteiger partial charge in [0.25, 0.3) is 0 Å². The standard InChI is InChI=1S/C7H17NO2/c1-6(4-10-3)7(2,9)5-8/h6,9H,4-5,8H2,1-3H3. The Labute approximate surface area is 62.2 Å². The Bertz CT molecular complexity index is 93.6. The van der Waals surface area contributed by atoms with E-state index in [1.807, 2.05) is 6.92 Å². The lowest BCUT2D eigenvalue weighted by atomic mass is 9.92. The first-order valence-electron chi connectivity index (χ1n) is 3.46. The van der Waals surface area contributed by atoms with E-state index in [2.05, 4.69) is 0 Å². The predicted molar refractivity (Wildman–Crippen MR) is 40.7 cm³/mol. The highest BCUT2D eigenvalue weighted by atomic mass is 16.5. The van der Waals surface area contributed by atoms with Gasteiger partial charge in [0.1, 0.15) is 0 Å². The van der Waals surface area contributed by atoms with Gasteiger partial charge in [-0.05, 0) is 6.92 Å². The van der Waals surface area contributed by atoms with E-state index in [0.717, 1.165) is 0 Å². The van der Waals surface area contributed by atoms with Crippen molar-refractivity contribution in [1.82, 2.24) is 0 Å². The van der Waals surface area contributed by atoms with Crippen molar-refractivity contribution in [1.29, 1.82) is 0 Å². The van der Waals surface area contributed by atoms with Gasteiger partial charge in [0.2, 0.25) is 0 Å². The second-order valence-electron chi connectivity index (χ2n) is 2.92. The van der Waals surface area contributed by atoms with Gasteiger partial charge in [0, 0.05) is 19.6 Å². The molecule has 0 heterocycles. The van der Waals surface area contributed by atoms with Crippen LogP contribution in [0.3, 0.4) is 0 Å². The Morgan fingerprint density at radius 2 is 2.20 bits per heavy atom. The maximum absolute atomic E-state index is 9.52. The Hall–Kier alpha value is -0.120. The summed E-state index contributed by atoms with van der Waals surface area (Å²) in [6.45, 7) is 4.45. The Kier molecular flexibility index (Phi) is 3.86. The minimum absolute atomic E-state index is 0.0856. The fourth-order valence-corrected chi connectivity index (χ4v) is 0.631. The lowest BCUT2D eigenvalue weighted by Crippen LogP contribution is -2.42. The second kappa shape index (κ2) is 3.91. The van der Waals surface area contributed by atoms with Gasteiger partial charge in [-0.15, -0.1) is 0 Å². The van der Waals surface area contributed by atoms with Crippen molar-refractivity contribution >= 4 is 0 Å². The Morgan fingerprint density at radius 3 is 2.50 bits per heavy atom. The first kappa shape index (κ1) is 9.88. The smallest absolute Gasteiger partial charge is 0.0788 e. The molecule has 0 aliphatic rings. The molecule has 2 atom stereocenters. The van der Waals surface area contributed by atoms with Crippen molar-refractivity contribution < 1.29 is 9.84 Å². The average Bonchev–Trinajstić information content (AvgIpc) is 1.89. The van der Waals surface area contributed by atoms with Crippen molar-refractivity contribution in [2.24, 2.45) is 11.7 Å². The van der Waals surface area contributed by atoms with Crippen LogP contribution >= 0.6 is 0 Å². The van der Waals surface area contributed by atoms with Crippen molar-refractivity contribution in [2.45, 2.75) is 19.4 Å². The van der Waals surface area contributed by atoms with Crippen LogP contribution in [0.25, 0.3) is 0 Å². The molecule has 3 heteroatoms. The number of rotatable bonds is 4. The predicted octanol–water partition coefficient (Wildman–Crippen LogP) is -0.0214. The van der Waals surface area contributed by atoms with E-state index in [-0.39, 0.29) is 12.5 Å². The molecule has 0 spiro atoms. The molecular weight excluding hydrogens is 130 g/mol. The lowest BCUT2D eigenvalue weighted by molar-refractivity contribution is -0.0177. The van der Waals surface area contributed by atoms with E-state index in [1.54, 1.807) is 14.0 Å². The van der Waals surface area contributed by atoms with Gasteiger partial charge in [0.05, 0.1) is 12.2 Å². The zero-order valence-corrected chi connectivity index (χ0v) is 6.92. The fourth-order valence-electron chi connectivity index (χ4n) is 0.631. The summed E-state index contributed by atoms with van der Waals surface area (Å²) in [7, 11) is 1.61. The van der Waals surface area contributed by atoms with Crippen LogP contribution in [0.1, 0.15) is 13.8 Å². The highest BCUT2D eigenvalue weighted by molar-refractivity contribution is 4.79. The molecule has 3 N–H and O–H groups in total. The van der Waals surface area contributed by atoms with Crippen LogP contribution in [0.4, 0.5) is 0 Å². The summed E-state index contributed by atoms with van der Waals surface area (Å²) in [6, 6.07) is 0. The number of aliphatic hydroxyl groups is 1. The minimum atomic E-state index is -0.796. The van der Waals surface area contributed by atoms with Crippen molar-refractivity contribution in [3.63, 3.8) is 0 Å². The molecule has 0 aromatic carbocycles. The largest absolute Gasteiger partial charge is 0.388 e. The molecule has 0 bridgehead atoms. The highest BCUT2D eigenvalue weighted by Gasteiger charge is 2.25. The molecule has 0 aromatic rings. The Morgan fingerprint density at radius 1 is 1.70 bits per heavy atom. The second-order valence-corrected chi connectivity index (χ2v) is 2.92. The molecule has 0 aliphatic heterocycles. The van der Waals surface area contributed by atoms with Crippen LogP contribution < -0.4 is 5.73 Å². The van der Waals surface area contributed by atoms with Crippen LogP contribution in [-0.2, 0) is 4.74 Å². The van der Waals surface area contributed by atoms with Crippen molar-refractivity contribution in [2.75, 3.05) is 20.3 Å². The van der Waals surface area contributed by atoms with E-state index in [1.165, 1.54) is 0 Å². The van der Waals surface area contributed by atoms with Crippen LogP contribution in [0.5, 0.6) is 0 Å². The number of nitrogens with two attached hydrogens (primary N) is 1. The molecule has 0 fully saturated rings. The average molecular weight is 147 g/mol. The summed E-state index contributed by atoms with van der Waals surface area (Å²) in [5.74, 6) is 0.0856. The summed E-state index contributed by atoms with van der Waals surface area (Å²) in [5, 5.41) is 9.52. The third-order valence-electron chi connectivity index (χ3n) is 1.89. The summed E-state index contributed by atoms with van der Waals surface area (Å²) < 4.78 is 4.88. The van der Waals surface area contributed by atoms with E-state index in [4.69, 9.17) is 10.5 Å². The molecule has 0 saturated carbocycles. The quantitative estimate of drug-likeness (QED) is 0.587. The maximum atomic E-state index is 9.52. The molecule has 0 rings (SSSR count). The molecule has 10 heavy (non-hydrogen) atoms. The molecule has 2 unspecified atom stereocenters. The van der Waals surface area contributed by atoms with E-state index in [9.17, 15) is 5.11 Å². The van der Waals surface area contributed by atoms with E-state index in [0.29, 0.717) is 6.61 Å². The summed E-state index contributed by atoms with van der Waals surface area (Å²) >= 11 is 0. The first-order chi connectivity index (χ1) is 4.54. The molecule has 0 saturated heterocycles. The number of hydrogen-bond acceptors (Lipinski definition) is 3. The zero-order valence-electron chi connectivity index (χ0n) is 6.92. The van der Waals surface area contributed by atoms with Gasteiger partial charge in [0.15, 0.2) is 0 Å². The molecule has 0 aliphatic carbocycles.